The van der Waals surface area contributed by atoms with Crippen LogP contribution in [0.15, 0.2) is 84.9 Å². The second kappa shape index (κ2) is 8.59. The van der Waals surface area contributed by atoms with Crippen LogP contribution in [-0.4, -0.2) is 27.2 Å². The van der Waals surface area contributed by atoms with Gasteiger partial charge in [0.2, 0.25) is 6.17 Å². The third kappa shape index (κ3) is 4.27. The van der Waals surface area contributed by atoms with Gasteiger partial charge < -0.3 is 4.90 Å². The Bertz CT molecular complexity index is 810. The van der Waals surface area contributed by atoms with Crippen LogP contribution in [0.1, 0.15) is 22.9 Å². The molecule has 144 valence electrons. The van der Waals surface area contributed by atoms with Crippen molar-refractivity contribution in [1.82, 2.24) is 0 Å². The van der Waals surface area contributed by atoms with Crippen LogP contribution in [0.3, 0.4) is 0 Å². The van der Waals surface area contributed by atoms with Crippen molar-refractivity contribution in [2.45, 2.75) is 19.3 Å². The van der Waals surface area contributed by atoms with Gasteiger partial charge in [0.25, 0.3) is 0 Å². The zero-order chi connectivity index (χ0) is 19.3. The summed E-state index contributed by atoms with van der Waals surface area (Å²) in [5, 5.41) is 0. The molecule has 0 bridgehead atoms. The molecule has 1 aliphatic heterocycles. The lowest BCUT2D eigenvalue weighted by Gasteiger charge is -2.25. The number of quaternary nitrogens is 2. The van der Waals surface area contributed by atoms with Crippen molar-refractivity contribution in [3.63, 3.8) is 0 Å². The largest absolute Gasteiger partial charge is 0.378 e. The molecule has 0 aromatic heterocycles. The molecular weight excluding hydrogens is 342 g/mol. The summed E-state index contributed by atoms with van der Waals surface area (Å²) in [6.07, 6.45) is 0.469. The van der Waals surface area contributed by atoms with Crippen molar-refractivity contribution in [2.75, 3.05) is 32.1 Å². The minimum Gasteiger partial charge on any atom is -0.378 e. The molecule has 4 rings (SSSR count). The first-order valence-electron chi connectivity index (χ1n) is 10.2. The number of anilines is 1. The minimum atomic E-state index is 0.469. The van der Waals surface area contributed by atoms with E-state index < -0.39 is 0 Å². The molecule has 0 spiro atoms. The van der Waals surface area contributed by atoms with E-state index in [0.717, 1.165) is 13.1 Å². The van der Waals surface area contributed by atoms with Crippen molar-refractivity contribution >= 4 is 5.69 Å². The Hall–Kier alpha value is -2.62. The van der Waals surface area contributed by atoms with Gasteiger partial charge in [0.1, 0.15) is 26.2 Å². The normalized spacial score (nSPS) is 21.6. The predicted molar refractivity (Wildman–Crippen MR) is 115 cm³/mol. The van der Waals surface area contributed by atoms with Crippen LogP contribution < -0.4 is 14.7 Å². The van der Waals surface area contributed by atoms with Gasteiger partial charge in [-0.15, -0.1) is 0 Å². The molecule has 3 aromatic carbocycles. The first-order chi connectivity index (χ1) is 13.7. The number of hydrogen-bond donors (Lipinski definition) is 2. The molecule has 3 aromatic rings. The zero-order valence-electron chi connectivity index (χ0n) is 16.9. The fraction of sp³-hybridized carbons (Fsp3) is 0.280. The van der Waals surface area contributed by atoms with Gasteiger partial charge in [0.05, 0.1) is 5.56 Å². The Morgan fingerprint density at radius 1 is 0.679 bits per heavy atom. The number of benzene rings is 3. The summed E-state index contributed by atoms with van der Waals surface area (Å²) in [5.74, 6) is 0. The monoisotopic (exact) mass is 373 g/mol. The second-order valence-electron chi connectivity index (χ2n) is 8.06. The molecule has 1 saturated heterocycles. The van der Waals surface area contributed by atoms with Crippen molar-refractivity contribution in [3.05, 3.63) is 102 Å². The van der Waals surface area contributed by atoms with Gasteiger partial charge in [0.15, 0.2) is 0 Å². The summed E-state index contributed by atoms with van der Waals surface area (Å²) in [5.41, 5.74) is 5.55. The topological polar surface area (TPSA) is 12.1 Å². The number of rotatable bonds is 6. The molecule has 0 radical (unpaired) electrons. The number of nitrogens with zero attached hydrogens (tertiary/aromatic N) is 1. The highest BCUT2D eigenvalue weighted by Gasteiger charge is 2.40. The molecule has 2 N–H and O–H groups in total. The van der Waals surface area contributed by atoms with Crippen LogP contribution in [-0.2, 0) is 13.1 Å². The Labute approximate surface area is 168 Å². The molecular formula is C25H31N3+2. The van der Waals surface area contributed by atoms with Gasteiger partial charge in [-0.2, -0.15) is 0 Å². The molecule has 2 unspecified atom stereocenters. The highest BCUT2D eigenvalue weighted by Crippen LogP contribution is 2.15. The van der Waals surface area contributed by atoms with E-state index in [1.807, 2.05) is 0 Å². The summed E-state index contributed by atoms with van der Waals surface area (Å²) in [6, 6.07) is 31.0. The van der Waals surface area contributed by atoms with Crippen LogP contribution >= 0.6 is 0 Å². The molecule has 0 amide bonds. The zero-order valence-corrected chi connectivity index (χ0v) is 16.9. The Balaban J connectivity index is 1.60. The predicted octanol–water partition coefficient (Wildman–Crippen LogP) is 1.94. The summed E-state index contributed by atoms with van der Waals surface area (Å²) < 4.78 is 0. The maximum absolute atomic E-state index is 2.33. The van der Waals surface area contributed by atoms with E-state index in [-0.39, 0.29) is 0 Å². The Morgan fingerprint density at radius 3 is 1.57 bits per heavy atom. The van der Waals surface area contributed by atoms with Crippen molar-refractivity contribution < 1.29 is 9.80 Å². The molecule has 2 atom stereocenters. The van der Waals surface area contributed by atoms with E-state index in [9.17, 15) is 0 Å². The third-order valence-electron chi connectivity index (χ3n) is 5.87. The van der Waals surface area contributed by atoms with Gasteiger partial charge in [-0.05, 0) is 24.3 Å². The average molecular weight is 374 g/mol. The van der Waals surface area contributed by atoms with Gasteiger partial charge in [-0.25, -0.2) is 0 Å². The van der Waals surface area contributed by atoms with Crippen molar-refractivity contribution in [3.8, 4) is 0 Å². The van der Waals surface area contributed by atoms with E-state index >= 15 is 0 Å². The van der Waals surface area contributed by atoms with Gasteiger partial charge in [0, 0.05) is 30.9 Å². The van der Waals surface area contributed by atoms with Crippen LogP contribution in [0, 0.1) is 0 Å². The van der Waals surface area contributed by atoms with Gasteiger partial charge >= 0.3 is 0 Å². The fourth-order valence-electron chi connectivity index (χ4n) is 4.43. The minimum absolute atomic E-state index is 0.469. The molecule has 0 aliphatic carbocycles. The molecule has 1 aliphatic rings. The van der Waals surface area contributed by atoms with Crippen LogP contribution in [0.25, 0.3) is 0 Å². The highest BCUT2D eigenvalue weighted by molar-refractivity contribution is 5.46. The fourth-order valence-corrected chi connectivity index (χ4v) is 4.43. The molecule has 1 heterocycles. The van der Waals surface area contributed by atoms with E-state index in [2.05, 4.69) is 104 Å². The molecule has 0 saturated carbocycles. The summed E-state index contributed by atoms with van der Waals surface area (Å²) in [6.45, 7) is 4.58. The van der Waals surface area contributed by atoms with E-state index in [1.165, 1.54) is 35.5 Å². The summed E-state index contributed by atoms with van der Waals surface area (Å²) in [7, 11) is 4.20. The first kappa shape index (κ1) is 18.7. The lowest BCUT2D eigenvalue weighted by Crippen LogP contribution is -3.22. The van der Waals surface area contributed by atoms with Gasteiger partial charge in [-0.1, -0.05) is 60.7 Å². The lowest BCUT2D eigenvalue weighted by molar-refractivity contribution is -1.09. The first-order valence-corrected chi connectivity index (χ1v) is 10.2. The quantitative estimate of drug-likeness (QED) is 0.673. The van der Waals surface area contributed by atoms with Crippen molar-refractivity contribution in [2.24, 2.45) is 0 Å². The van der Waals surface area contributed by atoms with E-state index in [1.54, 1.807) is 9.80 Å². The molecule has 3 nitrogen and oxygen atoms in total. The Kier molecular flexibility index (Phi) is 5.75. The second-order valence-corrected chi connectivity index (χ2v) is 8.06. The van der Waals surface area contributed by atoms with E-state index in [4.69, 9.17) is 0 Å². The van der Waals surface area contributed by atoms with Crippen LogP contribution in [0.4, 0.5) is 5.69 Å². The molecule has 3 heteroatoms. The summed E-state index contributed by atoms with van der Waals surface area (Å²) in [4.78, 5) is 5.49. The standard InChI is InChI=1S/C25H29N3/c1-26(2)24-15-13-23(14-16-24)25-27(19-21-9-5-3-6-10-21)17-18-28(25)20-22-11-7-4-8-12-22/h3-16,25H,17-20H2,1-2H3/p+2. The number of nitrogens with one attached hydrogen (secondary N) is 2. The average Bonchev–Trinajstić information content (AvgIpc) is 3.11. The molecule has 28 heavy (non-hydrogen) atoms. The number of hydrogen-bond acceptors (Lipinski definition) is 1. The third-order valence-corrected chi connectivity index (χ3v) is 5.87. The maximum atomic E-state index is 2.33. The Morgan fingerprint density at radius 2 is 1.14 bits per heavy atom. The smallest absolute Gasteiger partial charge is 0.241 e. The lowest BCUT2D eigenvalue weighted by atomic mass is 10.1. The SMILES string of the molecule is CN(C)c1ccc(C2[NH+](Cc3ccccc3)CC[NH+]2Cc2ccccc2)cc1. The van der Waals surface area contributed by atoms with Crippen molar-refractivity contribution in [1.29, 1.82) is 0 Å². The summed E-state index contributed by atoms with van der Waals surface area (Å²) >= 11 is 0. The maximum Gasteiger partial charge on any atom is 0.241 e. The molecule has 1 fully saturated rings. The van der Waals surface area contributed by atoms with Crippen LogP contribution in [0.2, 0.25) is 0 Å². The van der Waals surface area contributed by atoms with Crippen LogP contribution in [0.5, 0.6) is 0 Å². The highest BCUT2D eigenvalue weighted by atomic mass is 15.4. The van der Waals surface area contributed by atoms with E-state index in [0.29, 0.717) is 6.17 Å². The van der Waals surface area contributed by atoms with Gasteiger partial charge in [-0.3, -0.25) is 9.80 Å².